The second-order valence-electron chi connectivity index (χ2n) is 2.89. The van der Waals surface area contributed by atoms with Crippen molar-refractivity contribution in [2.24, 2.45) is 0 Å². The number of aromatic nitrogens is 1. The van der Waals surface area contributed by atoms with Crippen molar-refractivity contribution < 1.29 is 14.9 Å². The van der Waals surface area contributed by atoms with Gasteiger partial charge in [-0.2, -0.15) is 0 Å². The third kappa shape index (κ3) is 2.99. The number of hydrogen-bond acceptors (Lipinski definition) is 3. The van der Waals surface area contributed by atoms with E-state index in [2.05, 4.69) is 4.98 Å². The van der Waals surface area contributed by atoms with E-state index < -0.39 is 0 Å². The summed E-state index contributed by atoms with van der Waals surface area (Å²) in [6.45, 7) is 3.34. The summed E-state index contributed by atoms with van der Waals surface area (Å²) < 4.78 is 5.24. The molecule has 0 bridgehead atoms. The van der Waals surface area contributed by atoms with Gasteiger partial charge in [0.05, 0.1) is 6.61 Å². The summed E-state index contributed by atoms with van der Waals surface area (Å²) in [5.41, 5.74) is 0.689. The number of ether oxygens (including phenoxy) is 1. The largest absolute Gasteiger partial charge is 0.495 e. The number of rotatable bonds is 5. The van der Waals surface area contributed by atoms with E-state index in [9.17, 15) is 5.11 Å². The van der Waals surface area contributed by atoms with Crippen LogP contribution in [0.3, 0.4) is 0 Å². The minimum atomic E-state index is -0.0111. The van der Waals surface area contributed by atoms with Gasteiger partial charge in [0.1, 0.15) is 0 Å². The van der Waals surface area contributed by atoms with Gasteiger partial charge in [0.25, 0.3) is 0 Å². The normalized spacial score (nSPS) is 10.5. The summed E-state index contributed by atoms with van der Waals surface area (Å²) >= 11 is 0. The quantitative estimate of drug-likeness (QED) is 0.607. The summed E-state index contributed by atoms with van der Waals surface area (Å²) in [6, 6.07) is 1.50. The Labute approximate surface area is 77.2 Å². The topological polar surface area (TPSA) is 65.5 Å². The average molecular weight is 185 g/mol. The first-order valence-corrected chi connectivity index (χ1v) is 4.41. The van der Waals surface area contributed by atoms with Crippen molar-refractivity contribution in [1.82, 2.24) is 4.98 Å². The van der Waals surface area contributed by atoms with E-state index in [1.54, 1.807) is 0 Å². The van der Waals surface area contributed by atoms with Crippen LogP contribution in [-0.4, -0.2) is 28.4 Å². The minimum absolute atomic E-state index is 0.0111. The zero-order chi connectivity index (χ0) is 9.68. The Balaban J connectivity index is 2.32. The Bertz CT molecular complexity index is 257. The first-order chi connectivity index (χ1) is 6.24. The lowest BCUT2D eigenvalue weighted by atomic mass is 10.2. The third-order valence-corrected chi connectivity index (χ3v) is 1.73. The number of aromatic amines is 1. The fourth-order valence-electron chi connectivity index (χ4n) is 1.09. The number of hydrogen-bond donors (Lipinski definition) is 3. The molecule has 1 aromatic heterocycles. The molecule has 4 heteroatoms. The van der Waals surface area contributed by atoms with E-state index in [-0.39, 0.29) is 11.8 Å². The molecule has 1 rings (SSSR count). The van der Waals surface area contributed by atoms with Crippen LogP contribution in [-0.2, 0) is 11.2 Å². The zero-order valence-electron chi connectivity index (χ0n) is 7.71. The molecule has 0 atom stereocenters. The molecular formula is C9H15NO3. The van der Waals surface area contributed by atoms with E-state index in [4.69, 9.17) is 9.84 Å². The highest BCUT2D eigenvalue weighted by Gasteiger charge is 2.05. The molecule has 0 saturated heterocycles. The van der Waals surface area contributed by atoms with E-state index in [1.165, 1.54) is 6.07 Å². The molecule has 74 valence electrons. The first-order valence-electron chi connectivity index (χ1n) is 4.41. The molecule has 1 heterocycles. The minimum Gasteiger partial charge on any atom is -0.495 e. The van der Waals surface area contributed by atoms with Crippen LogP contribution in [0.4, 0.5) is 0 Å². The molecule has 0 aliphatic carbocycles. The van der Waals surface area contributed by atoms with Gasteiger partial charge in [0, 0.05) is 24.7 Å². The number of H-pyrrole nitrogens is 1. The molecule has 0 saturated carbocycles. The van der Waals surface area contributed by atoms with Gasteiger partial charge in [-0.1, -0.05) is 6.92 Å². The van der Waals surface area contributed by atoms with Crippen LogP contribution in [0.25, 0.3) is 0 Å². The molecule has 0 spiro atoms. The molecule has 3 N–H and O–H groups in total. The van der Waals surface area contributed by atoms with E-state index in [1.807, 2.05) is 6.92 Å². The zero-order valence-corrected chi connectivity index (χ0v) is 7.71. The summed E-state index contributed by atoms with van der Waals surface area (Å²) in [4.78, 5) is 2.40. The van der Waals surface area contributed by atoms with Crippen molar-refractivity contribution in [3.05, 3.63) is 11.6 Å². The van der Waals surface area contributed by atoms with Gasteiger partial charge >= 0.3 is 0 Å². The van der Waals surface area contributed by atoms with Crippen molar-refractivity contribution in [3.63, 3.8) is 0 Å². The maximum absolute atomic E-state index is 9.22. The number of aromatic hydroxyl groups is 2. The smallest absolute Gasteiger partial charge is 0.194 e. The van der Waals surface area contributed by atoms with Crippen molar-refractivity contribution in [3.8, 4) is 11.8 Å². The van der Waals surface area contributed by atoms with Crippen molar-refractivity contribution in [2.45, 2.75) is 19.8 Å². The highest BCUT2D eigenvalue weighted by molar-refractivity contribution is 5.32. The molecule has 0 radical (unpaired) electrons. The molecule has 0 amide bonds. The second-order valence-corrected chi connectivity index (χ2v) is 2.89. The highest BCUT2D eigenvalue weighted by Crippen LogP contribution is 2.21. The monoisotopic (exact) mass is 185 g/mol. The van der Waals surface area contributed by atoms with E-state index >= 15 is 0 Å². The predicted octanol–water partition coefficient (Wildman–Crippen LogP) is 1.39. The van der Waals surface area contributed by atoms with Crippen molar-refractivity contribution >= 4 is 0 Å². The van der Waals surface area contributed by atoms with Gasteiger partial charge in [0.2, 0.25) is 0 Å². The molecule has 1 aromatic rings. The maximum Gasteiger partial charge on any atom is 0.194 e. The molecule has 0 fully saturated rings. The van der Waals surface area contributed by atoms with Crippen LogP contribution < -0.4 is 0 Å². The lowest BCUT2D eigenvalue weighted by Gasteiger charge is -2.00. The van der Waals surface area contributed by atoms with Crippen LogP contribution in [0, 0.1) is 0 Å². The average Bonchev–Trinajstić information content (AvgIpc) is 2.39. The predicted molar refractivity (Wildman–Crippen MR) is 48.9 cm³/mol. The molecule has 0 aliphatic heterocycles. The van der Waals surface area contributed by atoms with Crippen LogP contribution in [0.2, 0.25) is 0 Å². The van der Waals surface area contributed by atoms with Crippen molar-refractivity contribution in [2.75, 3.05) is 13.2 Å². The standard InChI is InChI=1S/C9H15NO3/c1-2-4-13-5-3-7-6-8(11)10-9(7)12/h6,10-12H,2-5H2,1H3. The first kappa shape index (κ1) is 9.92. The Kier molecular flexibility index (Phi) is 3.64. The van der Waals surface area contributed by atoms with Gasteiger partial charge in [-0.25, -0.2) is 0 Å². The third-order valence-electron chi connectivity index (χ3n) is 1.73. The van der Waals surface area contributed by atoms with Crippen LogP contribution in [0.5, 0.6) is 11.8 Å². The fourth-order valence-corrected chi connectivity index (χ4v) is 1.09. The summed E-state index contributed by atoms with van der Waals surface area (Å²) in [5.74, 6) is 0.0144. The fraction of sp³-hybridized carbons (Fsp3) is 0.556. The molecule has 13 heavy (non-hydrogen) atoms. The molecule has 0 unspecified atom stereocenters. The van der Waals surface area contributed by atoms with Crippen molar-refractivity contribution in [1.29, 1.82) is 0 Å². The summed E-state index contributed by atoms with van der Waals surface area (Å²) in [5, 5.41) is 18.2. The Hall–Kier alpha value is -1.16. The SMILES string of the molecule is CCCOCCc1cc(O)[nH]c1O. The van der Waals surface area contributed by atoms with Gasteiger partial charge in [-0.3, -0.25) is 4.98 Å². The summed E-state index contributed by atoms with van der Waals surface area (Å²) in [7, 11) is 0. The van der Waals surface area contributed by atoms with Crippen LogP contribution in [0.15, 0.2) is 6.07 Å². The van der Waals surface area contributed by atoms with Gasteiger partial charge in [0.15, 0.2) is 11.8 Å². The van der Waals surface area contributed by atoms with Crippen LogP contribution >= 0.6 is 0 Å². The lowest BCUT2D eigenvalue weighted by molar-refractivity contribution is 0.137. The maximum atomic E-state index is 9.22. The molecular weight excluding hydrogens is 170 g/mol. The van der Waals surface area contributed by atoms with Gasteiger partial charge in [-0.05, 0) is 6.42 Å². The van der Waals surface area contributed by atoms with Crippen LogP contribution in [0.1, 0.15) is 18.9 Å². The second kappa shape index (κ2) is 4.77. The Morgan fingerprint density at radius 3 is 2.69 bits per heavy atom. The van der Waals surface area contributed by atoms with E-state index in [0.717, 1.165) is 13.0 Å². The molecule has 0 aromatic carbocycles. The Morgan fingerprint density at radius 2 is 2.15 bits per heavy atom. The highest BCUT2D eigenvalue weighted by atomic mass is 16.5. The molecule has 4 nitrogen and oxygen atoms in total. The van der Waals surface area contributed by atoms with E-state index in [0.29, 0.717) is 18.6 Å². The van der Waals surface area contributed by atoms with Gasteiger partial charge in [-0.15, -0.1) is 0 Å². The lowest BCUT2D eigenvalue weighted by Crippen LogP contribution is -1.98. The molecule has 0 aliphatic rings. The summed E-state index contributed by atoms with van der Waals surface area (Å²) in [6.07, 6.45) is 1.60. The Morgan fingerprint density at radius 1 is 1.38 bits per heavy atom. The van der Waals surface area contributed by atoms with Gasteiger partial charge < -0.3 is 14.9 Å². The number of nitrogens with one attached hydrogen (secondary N) is 1.